The second-order valence-corrected chi connectivity index (χ2v) is 5.59. The number of ether oxygens (including phenoxy) is 2. The summed E-state index contributed by atoms with van der Waals surface area (Å²) in [5.41, 5.74) is 0.983. The summed E-state index contributed by atoms with van der Waals surface area (Å²) in [6.07, 6.45) is 2.23. The molecule has 0 aliphatic heterocycles. The van der Waals surface area contributed by atoms with Crippen LogP contribution in [0, 0.1) is 11.3 Å². The van der Waals surface area contributed by atoms with Crippen molar-refractivity contribution in [1.82, 2.24) is 5.32 Å². The molecule has 2 aromatic rings. The summed E-state index contributed by atoms with van der Waals surface area (Å²) >= 11 is 0. The maximum absolute atomic E-state index is 12.2. The summed E-state index contributed by atoms with van der Waals surface area (Å²) in [4.78, 5) is 24.2. The zero-order valence-corrected chi connectivity index (χ0v) is 15.2. The largest absolute Gasteiger partial charge is 0.493 e. The van der Waals surface area contributed by atoms with Crippen LogP contribution in [-0.2, 0) is 4.79 Å². The van der Waals surface area contributed by atoms with E-state index in [1.54, 1.807) is 42.5 Å². The Bertz CT molecular complexity index is 883. The average Bonchev–Trinajstić information content (AvgIpc) is 2.71. The Labute approximate surface area is 158 Å². The van der Waals surface area contributed by atoms with Gasteiger partial charge in [0.25, 0.3) is 5.91 Å². The van der Waals surface area contributed by atoms with E-state index in [1.807, 2.05) is 19.1 Å². The molecular weight excluding hydrogens is 344 g/mol. The maximum atomic E-state index is 12.2. The molecule has 6 heteroatoms. The van der Waals surface area contributed by atoms with Crippen molar-refractivity contribution in [2.45, 2.75) is 13.3 Å². The fourth-order valence-electron chi connectivity index (χ4n) is 2.24. The molecule has 0 saturated carbocycles. The van der Waals surface area contributed by atoms with E-state index in [1.165, 1.54) is 13.2 Å². The van der Waals surface area contributed by atoms with E-state index >= 15 is 0 Å². The third-order valence-corrected chi connectivity index (χ3v) is 3.61. The molecule has 0 aliphatic rings. The van der Waals surface area contributed by atoms with E-state index in [0.717, 1.165) is 6.42 Å². The maximum Gasteiger partial charge on any atom is 0.343 e. The molecule has 0 heterocycles. The molecule has 27 heavy (non-hydrogen) atoms. The van der Waals surface area contributed by atoms with Gasteiger partial charge in [-0.25, -0.2) is 4.79 Å². The van der Waals surface area contributed by atoms with Crippen molar-refractivity contribution >= 4 is 18.0 Å². The van der Waals surface area contributed by atoms with Gasteiger partial charge in [-0.05, 0) is 42.3 Å². The minimum absolute atomic E-state index is 0.0143. The molecule has 2 aromatic carbocycles. The van der Waals surface area contributed by atoms with Crippen LogP contribution in [0.3, 0.4) is 0 Å². The molecule has 0 aromatic heterocycles. The van der Waals surface area contributed by atoms with Gasteiger partial charge in [0.2, 0.25) is 0 Å². The lowest BCUT2D eigenvalue weighted by Crippen LogP contribution is -2.25. The fraction of sp³-hybridized carbons (Fsp3) is 0.190. The van der Waals surface area contributed by atoms with Gasteiger partial charge in [0.05, 0.1) is 12.7 Å². The number of benzene rings is 2. The third kappa shape index (κ3) is 5.44. The number of methoxy groups -OCH3 is 1. The van der Waals surface area contributed by atoms with Crippen LogP contribution in [0.1, 0.15) is 29.3 Å². The Morgan fingerprint density at radius 2 is 1.89 bits per heavy atom. The van der Waals surface area contributed by atoms with E-state index in [2.05, 4.69) is 5.32 Å². The Kier molecular flexibility index (Phi) is 7.15. The standard InChI is InChI=1S/C21H20N2O4/c1-3-11-23-20(24)17(14-22)12-15-9-10-18(19(13-15)26-2)27-21(25)16-7-5-4-6-8-16/h4-10,12-13H,3,11H2,1-2H3,(H,23,24)/b17-12+. The summed E-state index contributed by atoms with van der Waals surface area (Å²) in [7, 11) is 1.45. The van der Waals surface area contributed by atoms with Crippen LogP contribution < -0.4 is 14.8 Å². The van der Waals surface area contributed by atoms with Gasteiger partial charge in [0.1, 0.15) is 11.6 Å². The minimum atomic E-state index is -0.506. The second-order valence-electron chi connectivity index (χ2n) is 5.59. The van der Waals surface area contributed by atoms with E-state index in [4.69, 9.17) is 9.47 Å². The highest BCUT2D eigenvalue weighted by atomic mass is 16.6. The first-order valence-electron chi connectivity index (χ1n) is 8.44. The molecule has 138 valence electrons. The zero-order valence-electron chi connectivity index (χ0n) is 15.2. The van der Waals surface area contributed by atoms with Crippen molar-refractivity contribution in [3.05, 3.63) is 65.2 Å². The van der Waals surface area contributed by atoms with Crippen molar-refractivity contribution < 1.29 is 19.1 Å². The summed E-state index contributed by atoms with van der Waals surface area (Å²) in [5, 5.41) is 11.9. The number of nitriles is 1. The van der Waals surface area contributed by atoms with E-state index in [-0.39, 0.29) is 11.3 Å². The zero-order chi connectivity index (χ0) is 19.6. The molecule has 0 fully saturated rings. The van der Waals surface area contributed by atoms with Gasteiger partial charge in [-0.1, -0.05) is 31.2 Å². The van der Waals surface area contributed by atoms with Crippen LogP contribution in [-0.4, -0.2) is 25.5 Å². The van der Waals surface area contributed by atoms with Crippen molar-refractivity contribution in [2.75, 3.05) is 13.7 Å². The van der Waals surface area contributed by atoms with Crippen molar-refractivity contribution in [2.24, 2.45) is 0 Å². The molecule has 0 radical (unpaired) electrons. The van der Waals surface area contributed by atoms with Crippen LogP contribution in [0.2, 0.25) is 0 Å². The van der Waals surface area contributed by atoms with E-state index in [0.29, 0.717) is 23.4 Å². The fourth-order valence-corrected chi connectivity index (χ4v) is 2.24. The summed E-state index contributed by atoms with van der Waals surface area (Å²) in [5.74, 6) is -0.372. The number of nitrogens with one attached hydrogen (secondary N) is 1. The number of carbonyl (C=O) groups is 2. The molecular formula is C21H20N2O4. The molecule has 0 atom stereocenters. The highest BCUT2D eigenvalue weighted by molar-refractivity contribution is 6.01. The van der Waals surface area contributed by atoms with Gasteiger partial charge in [0.15, 0.2) is 11.5 Å². The summed E-state index contributed by atoms with van der Waals surface area (Å²) in [6, 6.07) is 15.3. The molecule has 2 rings (SSSR count). The number of hydrogen-bond acceptors (Lipinski definition) is 5. The lowest BCUT2D eigenvalue weighted by Gasteiger charge is -2.10. The lowest BCUT2D eigenvalue weighted by atomic mass is 10.1. The first-order valence-corrected chi connectivity index (χ1v) is 8.44. The highest BCUT2D eigenvalue weighted by Gasteiger charge is 2.13. The predicted octanol–water partition coefficient (Wildman–Crippen LogP) is 3.35. The smallest absolute Gasteiger partial charge is 0.343 e. The van der Waals surface area contributed by atoms with Crippen molar-refractivity contribution in [3.63, 3.8) is 0 Å². The van der Waals surface area contributed by atoms with E-state index in [9.17, 15) is 14.9 Å². The quantitative estimate of drug-likeness (QED) is 0.352. The monoisotopic (exact) mass is 364 g/mol. The number of carbonyl (C=O) groups excluding carboxylic acids is 2. The molecule has 0 bridgehead atoms. The Morgan fingerprint density at radius 3 is 2.52 bits per heavy atom. The van der Waals surface area contributed by atoms with E-state index < -0.39 is 11.9 Å². The van der Waals surface area contributed by atoms with Gasteiger partial charge < -0.3 is 14.8 Å². The van der Waals surface area contributed by atoms with Crippen LogP contribution in [0.25, 0.3) is 6.08 Å². The Morgan fingerprint density at radius 1 is 1.15 bits per heavy atom. The number of rotatable bonds is 7. The minimum Gasteiger partial charge on any atom is -0.493 e. The molecule has 1 amide bonds. The van der Waals surface area contributed by atoms with Gasteiger partial charge in [-0.15, -0.1) is 0 Å². The summed E-state index contributed by atoms with van der Waals surface area (Å²) in [6.45, 7) is 2.42. The number of nitrogens with zero attached hydrogens (tertiary/aromatic N) is 1. The first-order chi connectivity index (χ1) is 13.1. The molecule has 0 unspecified atom stereocenters. The SMILES string of the molecule is CCCNC(=O)/C(C#N)=C/c1ccc(OC(=O)c2ccccc2)c(OC)c1. The predicted molar refractivity (Wildman–Crippen MR) is 101 cm³/mol. The molecule has 6 nitrogen and oxygen atoms in total. The van der Waals surface area contributed by atoms with Crippen molar-refractivity contribution in [3.8, 4) is 17.6 Å². The van der Waals surface area contributed by atoms with Crippen LogP contribution in [0.5, 0.6) is 11.5 Å². The molecule has 1 N–H and O–H groups in total. The topological polar surface area (TPSA) is 88.4 Å². The Hall–Kier alpha value is -3.59. The highest BCUT2D eigenvalue weighted by Crippen LogP contribution is 2.29. The van der Waals surface area contributed by atoms with Gasteiger partial charge in [-0.3, -0.25) is 4.79 Å². The average molecular weight is 364 g/mol. The van der Waals surface area contributed by atoms with Crippen LogP contribution >= 0.6 is 0 Å². The molecule has 0 saturated heterocycles. The second kappa shape index (κ2) is 9.78. The van der Waals surface area contributed by atoms with Crippen LogP contribution in [0.4, 0.5) is 0 Å². The normalized spacial score (nSPS) is 10.6. The van der Waals surface area contributed by atoms with Crippen LogP contribution in [0.15, 0.2) is 54.1 Å². The third-order valence-electron chi connectivity index (χ3n) is 3.61. The Balaban J connectivity index is 2.22. The molecule has 0 spiro atoms. The molecule has 0 aliphatic carbocycles. The van der Waals surface area contributed by atoms with Gasteiger partial charge in [-0.2, -0.15) is 5.26 Å². The van der Waals surface area contributed by atoms with Gasteiger partial charge in [0, 0.05) is 6.54 Å². The van der Waals surface area contributed by atoms with Gasteiger partial charge >= 0.3 is 5.97 Å². The summed E-state index contributed by atoms with van der Waals surface area (Å²) < 4.78 is 10.7. The number of hydrogen-bond donors (Lipinski definition) is 1. The lowest BCUT2D eigenvalue weighted by molar-refractivity contribution is -0.117. The number of amides is 1. The van der Waals surface area contributed by atoms with Crippen molar-refractivity contribution in [1.29, 1.82) is 5.26 Å². The first kappa shape index (κ1) is 19.7. The number of esters is 1.